The normalized spacial score (nSPS) is 11.6. The van der Waals surface area contributed by atoms with E-state index in [0.717, 1.165) is 0 Å². The van der Waals surface area contributed by atoms with Crippen LogP contribution in [0.4, 0.5) is 10.1 Å². The minimum absolute atomic E-state index is 0.000870. The van der Waals surface area contributed by atoms with Gasteiger partial charge in [-0.25, -0.2) is 4.39 Å². The first-order chi connectivity index (χ1) is 10.9. The third-order valence-electron chi connectivity index (χ3n) is 3.07. The molecule has 0 aliphatic carbocycles. The molecule has 2 aromatic rings. The molecule has 0 radical (unpaired) electrons. The van der Waals surface area contributed by atoms with Gasteiger partial charge in [0.15, 0.2) is 5.76 Å². The number of ketones is 1. The summed E-state index contributed by atoms with van der Waals surface area (Å²) in [6.45, 7) is 3.10. The predicted molar refractivity (Wildman–Crippen MR) is 80.4 cm³/mol. The van der Waals surface area contributed by atoms with E-state index in [1.165, 1.54) is 37.5 Å². The molecule has 6 nitrogen and oxygen atoms in total. The molecule has 7 heteroatoms. The summed E-state index contributed by atoms with van der Waals surface area (Å²) in [5.74, 6) is -3.22. The molecule has 0 spiro atoms. The van der Waals surface area contributed by atoms with Crippen molar-refractivity contribution in [3.05, 3.63) is 53.7 Å². The van der Waals surface area contributed by atoms with Crippen LogP contribution in [0.2, 0.25) is 0 Å². The highest BCUT2D eigenvalue weighted by Gasteiger charge is 2.23. The molecule has 23 heavy (non-hydrogen) atoms. The van der Waals surface area contributed by atoms with Gasteiger partial charge in [-0.05, 0) is 43.7 Å². The van der Waals surface area contributed by atoms with E-state index in [4.69, 9.17) is 4.42 Å². The van der Waals surface area contributed by atoms with Crippen molar-refractivity contribution in [2.45, 2.75) is 19.9 Å². The Balaban J connectivity index is 1.97. The minimum Gasteiger partial charge on any atom is -0.461 e. The second-order valence-corrected chi connectivity index (χ2v) is 4.97. The van der Waals surface area contributed by atoms with Crippen molar-refractivity contribution in [3.8, 4) is 0 Å². The van der Waals surface area contributed by atoms with Crippen LogP contribution in [0.1, 0.15) is 23.0 Å². The molecule has 0 bridgehead atoms. The predicted octanol–water partition coefficient (Wildman–Crippen LogP) is 2.05. The molecule has 1 atom stereocenters. The Bertz CT molecular complexity index is 741. The number of rotatable bonds is 5. The van der Waals surface area contributed by atoms with Gasteiger partial charge in [-0.15, -0.1) is 0 Å². The van der Waals surface area contributed by atoms with Crippen LogP contribution in [0.5, 0.6) is 0 Å². The lowest BCUT2D eigenvalue weighted by Crippen LogP contribution is -2.44. The summed E-state index contributed by atoms with van der Waals surface area (Å²) in [5.41, 5.74) is 0.713. The molecule has 0 aliphatic rings. The lowest BCUT2D eigenvalue weighted by Gasteiger charge is -2.14. The zero-order valence-corrected chi connectivity index (χ0v) is 12.6. The van der Waals surface area contributed by atoms with E-state index in [-0.39, 0.29) is 11.4 Å². The maximum Gasteiger partial charge on any atom is 0.296 e. The first kappa shape index (κ1) is 16.4. The molecular weight excluding hydrogens is 303 g/mol. The smallest absolute Gasteiger partial charge is 0.296 e. The second kappa shape index (κ2) is 6.87. The van der Waals surface area contributed by atoms with Crippen molar-refractivity contribution in [2.24, 2.45) is 0 Å². The fraction of sp³-hybridized carbons (Fsp3) is 0.188. The molecule has 0 saturated heterocycles. The van der Waals surface area contributed by atoms with E-state index < -0.39 is 29.5 Å². The zero-order valence-electron chi connectivity index (χ0n) is 12.6. The first-order valence-corrected chi connectivity index (χ1v) is 6.84. The number of amides is 2. The largest absolute Gasteiger partial charge is 0.461 e. The fourth-order valence-electron chi connectivity index (χ4n) is 1.81. The molecule has 2 N–H and O–H groups in total. The van der Waals surface area contributed by atoms with Crippen LogP contribution in [0.15, 0.2) is 41.0 Å². The number of carbonyl (C=O) groups excluding carboxylic acids is 3. The number of carbonyl (C=O) groups is 3. The Kier molecular flexibility index (Phi) is 4.90. The fourth-order valence-corrected chi connectivity index (χ4v) is 1.81. The van der Waals surface area contributed by atoms with E-state index in [1.807, 2.05) is 0 Å². The van der Waals surface area contributed by atoms with Crippen LogP contribution in [0.3, 0.4) is 0 Å². The molecule has 0 saturated carbocycles. The van der Waals surface area contributed by atoms with Gasteiger partial charge in [0, 0.05) is 0 Å². The average molecular weight is 318 g/mol. The molecular formula is C16H15FN2O4. The molecule has 1 heterocycles. The number of furan rings is 1. The summed E-state index contributed by atoms with van der Waals surface area (Å²) in [7, 11) is 0. The summed E-state index contributed by atoms with van der Waals surface area (Å²) >= 11 is 0. The van der Waals surface area contributed by atoms with E-state index in [1.54, 1.807) is 13.0 Å². The minimum atomic E-state index is -1.03. The van der Waals surface area contributed by atoms with Crippen LogP contribution in [0, 0.1) is 12.7 Å². The van der Waals surface area contributed by atoms with E-state index in [2.05, 4.69) is 10.6 Å². The van der Waals surface area contributed by atoms with Gasteiger partial charge in [0.05, 0.1) is 12.0 Å². The Labute approximate surface area is 131 Å². The van der Waals surface area contributed by atoms with Gasteiger partial charge in [0.1, 0.15) is 11.9 Å². The second-order valence-electron chi connectivity index (χ2n) is 4.97. The summed E-state index contributed by atoms with van der Waals surface area (Å²) in [5, 5.41) is 4.59. The highest BCUT2D eigenvalue weighted by molar-refractivity contribution is 6.42. The lowest BCUT2D eigenvalue weighted by molar-refractivity contribution is -0.123. The van der Waals surface area contributed by atoms with Crippen LogP contribution in [0.25, 0.3) is 0 Å². The number of nitrogens with one attached hydrogen (secondary N) is 2. The molecule has 120 valence electrons. The van der Waals surface area contributed by atoms with Crippen molar-refractivity contribution >= 4 is 23.3 Å². The average Bonchev–Trinajstić information content (AvgIpc) is 3.03. The standard InChI is InChI=1S/C16H15FN2O4/c1-9-5-6-12(11(17)8-9)19-15(21)10(2)18-16(22)14(20)13-4-3-7-23-13/h3-8,10H,1-2H3,(H,18,22)(H,19,21)/t10-/m1/s1. The molecule has 0 aliphatic heterocycles. The maximum atomic E-state index is 13.7. The van der Waals surface area contributed by atoms with Gasteiger partial charge in [0.25, 0.3) is 11.7 Å². The Morgan fingerprint density at radius 2 is 1.96 bits per heavy atom. The molecule has 2 rings (SSSR count). The molecule has 1 aromatic heterocycles. The topological polar surface area (TPSA) is 88.4 Å². The zero-order chi connectivity index (χ0) is 17.0. The number of benzene rings is 1. The van der Waals surface area contributed by atoms with E-state index in [0.29, 0.717) is 5.56 Å². The highest BCUT2D eigenvalue weighted by Crippen LogP contribution is 2.15. The van der Waals surface area contributed by atoms with E-state index in [9.17, 15) is 18.8 Å². The van der Waals surface area contributed by atoms with Crippen LogP contribution in [-0.4, -0.2) is 23.6 Å². The van der Waals surface area contributed by atoms with Crippen molar-refractivity contribution in [2.75, 3.05) is 5.32 Å². The van der Waals surface area contributed by atoms with Gasteiger partial charge >= 0.3 is 0 Å². The summed E-state index contributed by atoms with van der Waals surface area (Å²) in [6.07, 6.45) is 1.26. The van der Waals surface area contributed by atoms with Gasteiger partial charge in [0.2, 0.25) is 5.91 Å². The highest BCUT2D eigenvalue weighted by atomic mass is 19.1. The monoisotopic (exact) mass is 318 g/mol. The van der Waals surface area contributed by atoms with Gasteiger partial charge in [-0.3, -0.25) is 14.4 Å². The molecule has 0 fully saturated rings. The van der Waals surface area contributed by atoms with Gasteiger partial charge in [-0.2, -0.15) is 0 Å². The SMILES string of the molecule is Cc1ccc(NC(=O)[C@@H](C)NC(=O)C(=O)c2ccco2)c(F)c1. The molecule has 0 unspecified atom stereocenters. The quantitative estimate of drug-likeness (QED) is 0.652. The van der Waals surface area contributed by atoms with Gasteiger partial charge < -0.3 is 15.1 Å². The van der Waals surface area contributed by atoms with Crippen molar-refractivity contribution in [1.29, 1.82) is 0 Å². The van der Waals surface area contributed by atoms with E-state index >= 15 is 0 Å². The van der Waals surface area contributed by atoms with Crippen molar-refractivity contribution in [3.63, 3.8) is 0 Å². The third-order valence-corrected chi connectivity index (χ3v) is 3.07. The number of halogens is 1. The number of aryl methyl sites for hydroxylation is 1. The Morgan fingerprint density at radius 1 is 1.22 bits per heavy atom. The lowest BCUT2D eigenvalue weighted by atomic mass is 10.2. The number of hydrogen-bond acceptors (Lipinski definition) is 4. The maximum absolute atomic E-state index is 13.7. The number of anilines is 1. The number of Topliss-reactive ketones (excluding diaryl/α,β-unsaturated/α-hetero) is 1. The summed E-state index contributed by atoms with van der Waals surface area (Å²) in [4.78, 5) is 35.4. The third kappa shape index (κ3) is 4.03. The van der Waals surface area contributed by atoms with Crippen molar-refractivity contribution < 1.29 is 23.2 Å². The van der Waals surface area contributed by atoms with Gasteiger partial charge in [-0.1, -0.05) is 6.07 Å². The van der Waals surface area contributed by atoms with Crippen molar-refractivity contribution in [1.82, 2.24) is 5.32 Å². The summed E-state index contributed by atoms with van der Waals surface area (Å²) < 4.78 is 18.5. The Hall–Kier alpha value is -2.96. The summed E-state index contributed by atoms with van der Waals surface area (Å²) in [6, 6.07) is 6.12. The van der Waals surface area contributed by atoms with Crippen LogP contribution in [-0.2, 0) is 9.59 Å². The van der Waals surface area contributed by atoms with Crippen LogP contribution < -0.4 is 10.6 Å². The molecule has 2 amide bonds. The number of hydrogen-bond donors (Lipinski definition) is 2. The molecule has 1 aromatic carbocycles. The van der Waals surface area contributed by atoms with Crippen LogP contribution >= 0.6 is 0 Å². The Morgan fingerprint density at radius 3 is 2.57 bits per heavy atom. The first-order valence-electron chi connectivity index (χ1n) is 6.84.